The van der Waals surface area contributed by atoms with Crippen molar-refractivity contribution in [1.29, 1.82) is 0 Å². The fourth-order valence-corrected chi connectivity index (χ4v) is 7.52. The Hall–Kier alpha value is -1.06. The van der Waals surface area contributed by atoms with E-state index in [0.717, 1.165) is 25.7 Å². The van der Waals surface area contributed by atoms with Crippen molar-refractivity contribution in [2.45, 2.75) is 283 Å². The summed E-state index contributed by atoms with van der Waals surface area (Å²) in [6, 6.07) is 0. The Kier molecular flexibility index (Phi) is 44.2. The molecular formula is C47H92O4. The van der Waals surface area contributed by atoms with Gasteiger partial charge in [0.15, 0.2) is 0 Å². The first-order valence-corrected chi connectivity index (χ1v) is 23.5. The Balaban J connectivity index is 3.11. The first-order valence-electron chi connectivity index (χ1n) is 23.5. The van der Waals surface area contributed by atoms with Gasteiger partial charge in [0.05, 0.1) is 6.61 Å². The monoisotopic (exact) mass is 721 g/mol. The first-order chi connectivity index (χ1) is 25.2. The molecule has 0 spiro atoms. The molecule has 0 aromatic heterocycles. The third-order valence-corrected chi connectivity index (χ3v) is 11.0. The van der Waals surface area contributed by atoms with Crippen LogP contribution >= 0.6 is 0 Å². The maximum absolute atomic E-state index is 11.9. The van der Waals surface area contributed by atoms with E-state index in [1.165, 1.54) is 238 Å². The molecule has 1 N–H and O–H groups in total. The van der Waals surface area contributed by atoms with Gasteiger partial charge in [0.25, 0.3) is 0 Å². The van der Waals surface area contributed by atoms with E-state index in [1.54, 1.807) is 0 Å². The molecule has 0 bridgehead atoms. The van der Waals surface area contributed by atoms with Crippen LogP contribution in [0.15, 0.2) is 0 Å². The predicted molar refractivity (Wildman–Crippen MR) is 223 cm³/mol. The van der Waals surface area contributed by atoms with Crippen LogP contribution in [0.3, 0.4) is 0 Å². The van der Waals surface area contributed by atoms with Crippen LogP contribution in [0.25, 0.3) is 0 Å². The predicted octanol–water partition coefficient (Wildman–Crippen LogP) is 16.4. The van der Waals surface area contributed by atoms with Gasteiger partial charge in [0.1, 0.15) is 0 Å². The number of unbranched alkanes of at least 4 members (excludes halogenated alkanes) is 39. The highest BCUT2D eigenvalue weighted by Crippen LogP contribution is 2.17. The molecule has 0 saturated carbocycles. The minimum Gasteiger partial charge on any atom is -0.481 e. The normalized spacial score (nSPS) is 11.4. The average molecular weight is 721 g/mol. The number of esters is 1. The van der Waals surface area contributed by atoms with Crippen molar-refractivity contribution in [3.63, 3.8) is 0 Å². The van der Waals surface area contributed by atoms with Crippen LogP contribution in [0.4, 0.5) is 0 Å². The van der Waals surface area contributed by atoms with E-state index in [2.05, 4.69) is 6.92 Å². The molecule has 0 fully saturated rings. The zero-order valence-corrected chi connectivity index (χ0v) is 34.8. The van der Waals surface area contributed by atoms with Crippen molar-refractivity contribution < 1.29 is 19.4 Å². The highest BCUT2D eigenvalue weighted by molar-refractivity contribution is 5.69. The minimum atomic E-state index is -0.651. The number of carbonyl (C=O) groups is 2. The lowest BCUT2D eigenvalue weighted by Crippen LogP contribution is -2.05. The second-order valence-corrected chi connectivity index (χ2v) is 16.3. The van der Waals surface area contributed by atoms with Gasteiger partial charge in [-0.3, -0.25) is 9.59 Å². The molecule has 0 aromatic rings. The molecule has 4 nitrogen and oxygen atoms in total. The molecule has 4 heteroatoms. The third-order valence-electron chi connectivity index (χ3n) is 11.0. The Morgan fingerprint density at radius 2 is 0.529 bits per heavy atom. The average Bonchev–Trinajstić information content (AvgIpc) is 3.12. The molecule has 0 aliphatic carbocycles. The van der Waals surface area contributed by atoms with E-state index in [1.807, 2.05) is 0 Å². The minimum absolute atomic E-state index is 0.0203. The number of carbonyl (C=O) groups excluding carboxylic acids is 1. The van der Waals surface area contributed by atoms with Gasteiger partial charge in [-0.1, -0.05) is 251 Å². The van der Waals surface area contributed by atoms with Crippen LogP contribution in [0.5, 0.6) is 0 Å². The van der Waals surface area contributed by atoms with E-state index >= 15 is 0 Å². The summed E-state index contributed by atoms with van der Waals surface area (Å²) < 4.78 is 5.42. The van der Waals surface area contributed by atoms with E-state index in [0.29, 0.717) is 19.4 Å². The molecule has 51 heavy (non-hydrogen) atoms. The fraction of sp³-hybridized carbons (Fsp3) is 0.957. The molecule has 0 unspecified atom stereocenters. The number of carboxylic acid groups (broad SMARTS) is 1. The van der Waals surface area contributed by atoms with Crippen molar-refractivity contribution in [3.8, 4) is 0 Å². The lowest BCUT2D eigenvalue weighted by atomic mass is 10.0. The summed E-state index contributed by atoms with van der Waals surface area (Å²) in [5.74, 6) is -0.631. The third kappa shape index (κ3) is 46.9. The van der Waals surface area contributed by atoms with Crippen LogP contribution in [0.1, 0.15) is 283 Å². The van der Waals surface area contributed by atoms with Crippen LogP contribution < -0.4 is 0 Å². The Morgan fingerprint density at radius 3 is 0.784 bits per heavy atom. The van der Waals surface area contributed by atoms with Crippen molar-refractivity contribution in [3.05, 3.63) is 0 Å². The van der Waals surface area contributed by atoms with Crippen LogP contribution in [0.2, 0.25) is 0 Å². The van der Waals surface area contributed by atoms with Crippen molar-refractivity contribution in [2.75, 3.05) is 6.61 Å². The summed E-state index contributed by atoms with van der Waals surface area (Å²) in [6.45, 7) is 2.89. The van der Waals surface area contributed by atoms with Crippen molar-refractivity contribution in [2.24, 2.45) is 0 Å². The van der Waals surface area contributed by atoms with Gasteiger partial charge in [-0.2, -0.15) is 0 Å². The standard InChI is InChI=1S/C47H92O4/c1-2-3-4-5-6-36-39-42-45-51-47(50)44-41-38-35-33-31-29-27-25-23-21-19-17-15-13-11-9-7-8-10-12-14-16-18-20-22-24-26-28-30-32-34-37-40-43-46(48)49/h2-45H2,1H3,(H,48,49). The quantitative estimate of drug-likeness (QED) is 0.0502. The van der Waals surface area contributed by atoms with E-state index in [9.17, 15) is 9.59 Å². The van der Waals surface area contributed by atoms with Crippen LogP contribution in [-0.4, -0.2) is 23.7 Å². The second-order valence-electron chi connectivity index (χ2n) is 16.3. The number of aliphatic carboxylic acids is 1. The van der Waals surface area contributed by atoms with Gasteiger partial charge < -0.3 is 9.84 Å². The number of hydrogen-bond donors (Lipinski definition) is 1. The summed E-state index contributed by atoms with van der Waals surface area (Å²) >= 11 is 0. The van der Waals surface area contributed by atoms with Crippen LogP contribution in [-0.2, 0) is 14.3 Å². The smallest absolute Gasteiger partial charge is 0.305 e. The van der Waals surface area contributed by atoms with Gasteiger partial charge in [0.2, 0.25) is 0 Å². The molecular weight excluding hydrogens is 629 g/mol. The van der Waals surface area contributed by atoms with E-state index < -0.39 is 5.97 Å². The first kappa shape index (κ1) is 49.9. The second kappa shape index (κ2) is 45.1. The molecule has 304 valence electrons. The number of hydrogen-bond acceptors (Lipinski definition) is 3. The molecule has 0 amide bonds. The molecule has 0 aliphatic heterocycles. The Labute approximate surface area is 320 Å². The highest BCUT2D eigenvalue weighted by atomic mass is 16.5. The topological polar surface area (TPSA) is 63.6 Å². The van der Waals surface area contributed by atoms with Gasteiger partial charge in [-0.25, -0.2) is 0 Å². The summed E-state index contributed by atoms with van der Waals surface area (Å²) in [6.07, 6.45) is 56.1. The molecule has 0 atom stereocenters. The zero-order chi connectivity index (χ0) is 37.0. The van der Waals surface area contributed by atoms with Crippen molar-refractivity contribution >= 4 is 11.9 Å². The van der Waals surface area contributed by atoms with Gasteiger partial charge >= 0.3 is 11.9 Å². The zero-order valence-electron chi connectivity index (χ0n) is 34.8. The summed E-state index contributed by atoms with van der Waals surface area (Å²) in [5.41, 5.74) is 0. The molecule has 0 saturated heterocycles. The lowest BCUT2D eigenvalue weighted by molar-refractivity contribution is -0.144. The molecule has 0 heterocycles. The largest absolute Gasteiger partial charge is 0.481 e. The molecule has 0 aromatic carbocycles. The van der Waals surface area contributed by atoms with E-state index in [-0.39, 0.29) is 5.97 Å². The number of rotatable bonds is 45. The summed E-state index contributed by atoms with van der Waals surface area (Å²) in [7, 11) is 0. The molecule has 0 radical (unpaired) electrons. The Bertz CT molecular complexity index is 677. The Morgan fingerprint density at radius 1 is 0.314 bits per heavy atom. The summed E-state index contributed by atoms with van der Waals surface area (Å²) in [4.78, 5) is 22.4. The van der Waals surface area contributed by atoms with Gasteiger partial charge in [-0.15, -0.1) is 0 Å². The fourth-order valence-electron chi connectivity index (χ4n) is 7.52. The van der Waals surface area contributed by atoms with Gasteiger partial charge in [-0.05, 0) is 19.3 Å². The SMILES string of the molecule is CCCCCCCCCCOC(=O)CCCCCCCCCCCCCCCCCCCCCCCCCCCCCCCCCCCC(=O)O. The molecule has 0 rings (SSSR count). The van der Waals surface area contributed by atoms with Crippen molar-refractivity contribution in [1.82, 2.24) is 0 Å². The molecule has 0 aliphatic rings. The maximum Gasteiger partial charge on any atom is 0.305 e. The highest BCUT2D eigenvalue weighted by Gasteiger charge is 2.03. The van der Waals surface area contributed by atoms with Gasteiger partial charge in [0, 0.05) is 12.8 Å². The number of carboxylic acids is 1. The summed E-state index contributed by atoms with van der Waals surface area (Å²) in [5, 5.41) is 8.66. The lowest BCUT2D eigenvalue weighted by Gasteiger charge is -2.06. The van der Waals surface area contributed by atoms with E-state index in [4.69, 9.17) is 9.84 Å². The van der Waals surface area contributed by atoms with Crippen LogP contribution in [0, 0.1) is 0 Å². The maximum atomic E-state index is 11.9. The number of ether oxygens (including phenoxy) is 1.